The molecule has 0 saturated heterocycles. The molecule has 0 unspecified atom stereocenters. The summed E-state index contributed by atoms with van der Waals surface area (Å²) < 4.78 is 4.92. The largest absolute Gasteiger partial charge is 0.378 e. The van der Waals surface area contributed by atoms with Crippen molar-refractivity contribution in [3.05, 3.63) is 17.6 Å². The molecular weight excluding hydrogens is 156 g/mol. The lowest BCUT2D eigenvalue weighted by Gasteiger charge is -2.03. The number of anilines is 1. The van der Waals surface area contributed by atoms with Crippen LogP contribution in [0.25, 0.3) is 0 Å². The van der Waals surface area contributed by atoms with E-state index in [1.165, 1.54) is 0 Å². The highest BCUT2D eigenvalue weighted by molar-refractivity contribution is 5.33. The summed E-state index contributed by atoms with van der Waals surface area (Å²) in [5, 5.41) is 0. The monoisotopic (exact) mass is 168 g/mol. The molecule has 0 aliphatic carbocycles. The van der Waals surface area contributed by atoms with E-state index in [1.54, 1.807) is 20.1 Å². The minimum atomic E-state index is 0.470. The van der Waals surface area contributed by atoms with Crippen molar-refractivity contribution in [1.82, 2.24) is 9.97 Å². The van der Waals surface area contributed by atoms with Crippen molar-refractivity contribution in [2.45, 2.75) is 13.5 Å². The third kappa shape index (κ3) is 2.14. The van der Waals surface area contributed by atoms with E-state index >= 15 is 0 Å². The van der Waals surface area contributed by atoms with Gasteiger partial charge < -0.3 is 10.2 Å². The fourth-order valence-electron chi connectivity index (χ4n) is 0.925. The molecule has 66 valence electrons. The van der Waals surface area contributed by atoms with Gasteiger partial charge in [0.25, 0.3) is 0 Å². The van der Waals surface area contributed by atoms with E-state index in [1.807, 2.05) is 0 Å². The zero-order valence-corrected chi connectivity index (χ0v) is 7.16. The van der Waals surface area contributed by atoms with Crippen LogP contribution in [0.4, 0.5) is 5.82 Å². The van der Waals surface area contributed by atoms with Crippen molar-refractivity contribution in [1.29, 1.82) is 0 Å². The Bertz CT molecular complexity index is 264. The van der Waals surface area contributed by atoms with Crippen molar-refractivity contribution in [3.8, 4) is 0 Å². The third-order valence-electron chi connectivity index (χ3n) is 1.33. The van der Waals surface area contributed by atoms with E-state index < -0.39 is 0 Å². The van der Waals surface area contributed by atoms with Gasteiger partial charge in [0.15, 0.2) is 0 Å². The normalized spacial score (nSPS) is 9.92. The van der Waals surface area contributed by atoms with Crippen LogP contribution in [-0.4, -0.2) is 17.1 Å². The van der Waals surface area contributed by atoms with E-state index in [-0.39, 0.29) is 0 Å². The van der Waals surface area contributed by atoms with Gasteiger partial charge in [0, 0.05) is 13.2 Å². The predicted octanol–water partition coefficient (Wildman–Crippen LogP) is 0.217. The highest BCUT2D eigenvalue weighted by Crippen LogP contribution is 2.05. The van der Waals surface area contributed by atoms with Gasteiger partial charge in [-0.15, -0.1) is 0 Å². The van der Waals surface area contributed by atoms with Crippen LogP contribution < -0.4 is 11.3 Å². The quantitative estimate of drug-likeness (QED) is 0.499. The molecule has 0 aliphatic heterocycles. The summed E-state index contributed by atoms with van der Waals surface area (Å²) in [6, 6.07) is 1.75. The number of nitrogen functional groups attached to an aromatic ring is 1. The summed E-state index contributed by atoms with van der Waals surface area (Å²) >= 11 is 0. The van der Waals surface area contributed by atoms with Crippen LogP contribution in [0, 0.1) is 6.92 Å². The molecule has 12 heavy (non-hydrogen) atoms. The number of hydrogen-bond acceptors (Lipinski definition) is 5. The number of nitrogens with one attached hydrogen (secondary N) is 1. The van der Waals surface area contributed by atoms with Crippen LogP contribution in [0.5, 0.6) is 0 Å². The molecule has 0 radical (unpaired) electrons. The van der Waals surface area contributed by atoms with Gasteiger partial charge in [0.05, 0.1) is 12.3 Å². The second-order valence-corrected chi connectivity index (χ2v) is 2.37. The van der Waals surface area contributed by atoms with Crippen molar-refractivity contribution < 1.29 is 4.74 Å². The molecule has 0 aromatic carbocycles. The molecule has 0 fully saturated rings. The number of aromatic nitrogens is 2. The fraction of sp³-hybridized carbons (Fsp3) is 0.429. The van der Waals surface area contributed by atoms with Crippen molar-refractivity contribution in [2.24, 2.45) is 5.84 Å². The number of nitrogens with two attached hydrogens (primary N) is 1. The summed E-state index contributed by atoms with van der Waals surface area (Å²) in [6.45, 7) is 2.28. The first kappa shape index (κ1) is 8.89. The fourth-order valence-corrected chi connectivity index (χ4v) is 0.925. The molecule has 0 amide bonds. The molecule has 0 spiro atoms. The maximum Gasteiger partial charge on any atom is 0.143 e. The summed E-state index contributed by atoms with van der Waals surface area (Å²) in [5.41, 5.74) is 3.28. The molecule has 0 aliphatic rings. The highest BCUT2D eigenvalue weighted by atomic mass is 16.5. The molecule has 0 saturated carbocycles. The lowest BCUT2D eigenvalue weighted by Crippen LogP contribution is -2.10. The Balaban J connectivity index is 2.90. The van der Waals surface area contributed by atoms with Gasteiger partial charge in [0.2, 0.25) is 0 Å². The molecule has 5 nitrogen and oxygen atoms in total. The molecule has 0 atom stereocenters. The molecule has 5 heteroatoms. The van der Waals surface area contributed by atoms with E-state index in [4.69, 9.17) is 10.6 Å². The number of ether oxygens (including phenoxy) is 1. The predicted molar refractivity (Wildman–Crippen MR) is 45.3 cm³/mol. The average molecular weight is 168 g/mol. The first-order chi connectivity index (χ1) is 5.76. The molecular formula is C7H12N4O. The van der Waals surface area contributed by atoms with Gasteiger partial charge in [-0.1, -0.05) is 0 Å². The topological polar surface area (TPSA) is 73.1 Å². The summed E-state index contributed by atoms with van der Waals surface area (Å²) in [4.78, 5) is 8.17. The number of hydrogen-bond donors (Lipinski definition) is 2. The Morgan fingerprint density at radius 1 is 1.58 bits per heavy atom. The summed E-state index contributed by atoms with van der Waals surface area (Å²) in [6.07, 6.45) is 0. The van der Waals surface area contributed by atoms with Gasteiger partial charge >= 0.3 is 0 Å². The minimum absolute atomic E-state index is 0.470. The summed E-state index contributed by atoms with van der Waals surface area (Å²) in [5.74, 6) is 6.49. The Kier molecular flexibility index (Phi) is 2.95. The highest BCUT2D eigenvalue weighted by Gasteiger charge is 1.99. The van der Waals surface area contributed by atoms with Crippen LogP contribution in [-0.2, 0) is 11.3 Å². The second kappa shape index (κ2) is 3.99. The van der Waals surface area contributed by atoms with Crippen LogP contribution >= 0.6 is 0 Å². The third-order valence-corrected chi connectivity index (χ3v) is 1.33. The van der Waals surface area contributed by atoms with Gasteiger partial charge in [-0.3, -0.25) is 0 Å². The van der Waals surface area contributed by atoms with Crippen molar-refractivity contribution >= 4 is 5.82 Å². The molecule has 1 heterocycles. The molecule has 0 bridgehead atoms. The lowest BCUT2D eigenvalue weighted by molar-refractivity contribution is 0.181. The van der Waals surface area contributed by atoms with Crippen molar-refractivity contribution in [2.75, 3.05) is 12.5 Å². The van der Waals surface area contributed by atoms with Crippen LogP contribution in [0.1, 0.15) is 11.5 Å². The standard InChI is InChI=1S/C7H12N4O/c1-5-9-6(4-12-2)3-7(10-5)11-8/h3H,4,8H2,1-2H3,(H,9,10,11). The zero-order valence-electron chi connectivity index (χ0n) is 7.16. The van der Waals surface area contributed by atoms with Gasteiger partial charge in [-0.05, 0) is 6.92 Å². The molecule has 1 rings (SSSR count). The van der Waals surface area contributed by atoms with Crippen molar-refractivity contribution in [3.63, 3.8) is 0 Å². The van der Waals surface area contributed by atoms with E-state index in [0.29, 0.717) is 18.2 Å². The minimum Gasteiger partial charge on any atom is -0.378 e. The second-order valence-electron chi connectivity index (χ2n) is 2.37. The smallest absolute Gasteiger partial charge is 0.143 e. The zero-order chi connectivity index (χ0) is 8.97. The van der Waals surface area contributed by atoms with E-state index in [9.17, 15) is 0 Å². The van der Waals surface area contributed by atoms with Gasteiger partial charge in [-0.2, -0.15) is 0 Å². The number of rotatable bonds is 3. The van der Waals surface area contributed by atoms with Crippen LogP contribution in [0.3, 0.4) is 0 Å². The maximum absolute atomic E-state index is 5.20. The lowest BCUT2D eigenvalue weighted by atomic mass is 10.4. The van der Waals surface area contributed by atoms with Gasteiger partial charge in [-0.25, -0.2) is 15.8 Å². The average Bonchev–Trinajstić information content (AvgIpc) is 2.04. The Labute approximate surface area is 70.9 Å². The van der Waals surface area contributed by atoms with E-state index in [2.05, 4.69) is 15.4 Å². The van der Waals surface area contributed by atoms with Crippen LogP contribution in [0.15, 0.2) is 6.07 Å². The molecule has 1 aromatic rings. The number of methoxy groups -OCH3 is 1. The SMILES string of the molecule is COCc1cc(NN)nc(C)n1. The Morgan fingerprint density at radius 2 is 2.33 bits per heavy atom. The number of hydrazine groups is 1. The van der Waals surface area contributed by atoms with Gasteiger partial charge in [0.1, 0.15) is 11.6 Å². The first-order valence-corrected chi connectivity index (χ1v) is 3.56. The maximum atomic E-state index is 5.20. The van der Waals surface area contributed by atoms with E-state index in [0.717, 1.165) is 5.69 Å². The molecule has 3 N–H and O–H groups in total. The Morgan fingerprint density at radius 3 is 2.92 bits per heavy atom. The first-order valence-electron chi connectivity index (χ1n) is 3.56. The molecule has 1 aromatic heterocycles. The summed E-state index contributed by atoms with van der Waals surface area (Å²) in [7, 11) is 1.62. The number of aryl methyl sites for hydroxylation is 1. The van der Waals surface area contributed by atoms with Crippen LogP contribution in [0.2, 0.25) is 0 Å². The number of nitrogens with zero attached hydrogens (tertiary/aromatic N) is 2. The Hall–Kier alpha value is -1.20.